The van der Waals surface area contributed by atoms with Gasteiger partial charge >= 0.3 is 0 Å². The molecule has 0 radical (unpaired) electrons. The maximum absolute atomic E-state index is 5.02. The highest BCUT2D eigenvalue weighted by atomic mass is 15.2. The molecular weight excluding hydrogens is 292 g/mol. The molecule has 2 aromatic rings. The number of aromatic nitrogens is 1. The number of hydrogen-bond donors (Lipinski definition) is 0. The third-order valence-corrected chi connectivity index (χ3v) is 6.70. The number of benzene rings is 1. The first-order chi connectivity index (χ1) is 11.5. The summed E-state index contributed by atoms with van der Waals surface area (Å²) in [6.45, 7) is 12.2. The Hall–Kier alpha value is -1.41. The van der Waals surface area contributed by atoms with Crippen molar-refractivity contribution in [3.8, 4) is 0 Å². The number of pyridine rings is 1. The monoisotopic (exact) mass is 322 g/mol. The Kier molecular flexibility index (Phi) is 3.91. The average molecular weight is 322 g/mol. The van der Waals surface area contributed by atoms with Crippen molar-refractivity contribution in [3.05, 3.63) is 41.6 Å². The summed E-state index contributed by atoms with van der Waals surface area (Å²) < 4.78 is 0. The van der Waals surface area contributed by atoms with Crippen LogP contribution < -0.4 is 0 Å². The van der Waals surface area contributed by atoms with Crippen LogP contribution in [0.25, 0.3) is 10.9 Å². The van der Waals surface area contributed by atoms with Crippen molar-refractivity contribution in [2.24, 2.45) is 17.3 Å². The third kappa shape index (κ3) is 2.56. The standard InChI is InChI=1S/C22H30N2/c1-15(2)14-24-10-9-19-12-21-18(13-22(19,4)16(24)3)11-17-7-5-6-8-20(17)23-21/h5-8,11,15-16,19H,9-10,12-14H2,1-4H3/t16-,19?,22?/m1/s1. The van der Waals surface area contributed by atoms with Gasteiger partial charge in [0.05, 0.1) is 5.52 Å². The van der Waals surface area contributed by atoms with Crippen LogP contribution in [0.1, 0.15) is 45.4 Å². The average Bonchev–Trinajstić information content (AvgIpc) is 2.55. The van der Waals surface area contributed by atoms with Crippen LogP contribution in [-0.2, 0) is 12.8 Å². The Balaban J connectivity index is 1.70. The van der Waals surface area contributed by atoms with Crippen LogP contribution in [0.5, 0.6) is 0 Å². The molecule has 1 aliphatic heterocycles. The normalized spacial score (nSPS) is 30.4. The summed E-state index contributed by atoms with van der Waals surface area (Å²) in [5, 5.41) is 1.29. The fourth-order valence-electron chi connectivity index (χ4n) is 5.12. The number of fused-ring (bicyclic) bond motifs is 3. The molecule has 2 aliphatic rings. The number of likely N-dealkylation sites (tertiary alicyclic amines) is 1. The van der Waals surface area contributed by atoms with Crippen LogP contribution in [0.2, 0.25) is 0 Å². The zero-order valence-electron chi connectivity index (χ0n) is 15.5. The molecular formula is C22H30N2. The lowest BCUT2D eigenvalue weighted by Crippen LogP contribution is -2.57. The minimum atomic E-state index is 0.379. The summed E-state index contributed by atoms with van der Waals surface area (Å²) in [7, 11) is 0. The number of nitrogens with zero attached hydrogens (tertiary/aromatic N) is 2. The van der Waals surface area contributed by atoms with E-state index in [0.717, 1.165) is 23.8 Å². The number of hydrogen-bond acceptors (Lipinski definition) is 2. The smallest absolute Gasteiger partial charge is 0.0705 e. The van der Waals surface area contributed by atoms with Crippen molar-refractivity contribution >= 4 is 10.9 Å². The molecule has 4 rings (SSSR count). The molecule has 0 spiro atoms. The van der Waals surface area contributed by atoms with Gasteiger partial charge in [0.25, 0.3) is 0 Å². The van der Waals surface area contributed by atoms with Gasteiger partial charge in [0.2, 0.25) is 0 Å². The van der Waals surface area contributed by atoms with Gasteiger partial charge in [0, 0.05) is 23.7 Å². The van der Waals surface area contributed by atoms with Crippen LogP contribution in [0.15, 0.2) is 30.3 Å². The molecule has 1 fully saturated rings. The minimum absolute atomic E-state index is 0.379. The summed E-state index contributed by atoms with van der Waals surface area (Å²) in [6.07, 6.45) is 3.67. The van der Waals surface area contributed by atoms with Crippen molar-refractivity contribution in [1.82, 2.24) is 9.88 Å². The molecule has 2 heteroatoms. The first kappa shape index (κ1) is 16.1. The predicted molar refractivity (Wildman–Crippen MR) is 101 cm³/mol. The molecule has 0 saturated carbocycles. The van der Waals surface area contributed by atoms with Crippen molar-refractivity contribution in [3.63, 3.8) is 0 Å². The first-order valence-electron chi connectivity index (χ1n) is 9.59. The second-order valence-corrected chi connectivity index (χ2v) is 8.72. The summed E-state index contributed by atoms with van der Waals surface area (Å²) in [4.78, 5) is 7.75. The Bertz CT molecular complexity index is 751. The van der Waals surface area contributed by atoms with E-state index >= 15 is 0 Å². The van der Waals surface area contributed by atoms with E-state index in [2.05, 4.69) is 62.9 Å². The fourth-order valence-corrected chi connectivity index (χ4v) is 5.12. The highest BCUT2D eigenvalue weighted by Crippen LogP contribution is 2.48. The zero-order valence-corrected chi connectivity index (χ0v) is 15.5. The second-order valence-electron chi connectivity index (χ2n) is 8.72. The molecule has 1 aromatic heterocycles. The highest BCUT2D eigenvalue weighted by molar-refractivity contribution is 5.79. The van der Waals surface area contributed by atoms with Crippen LogP contribution in [0.3, 0.4) is 0 Å². The van der Waals surface area contributed by atoms with Gasteiger partial charge in [-0.15, -0.1) is 0 Å². The largest absolute Gasteiger partial charge is 0.300 e. The Morgan fingerprint density at radius 3 is 2.88 bits per heavy atom. The summed E-state index contributed by atoms with van der Waals surface area (Å²) >= 11 is 0. The zero-order chi connectivity index (χ0) is 16.9. The fraction of sp³-hybridized carbons (Fsp3) is 0.591. The van der Waals surface area contributed by atoms with Crippen molar-refractivity contribution in [2.75, 3.05) is 13.1 Å². The quantitative estimate of drug-likeness (QED) is 0.796. The number of rotatable bonds is 2. The van der Waals surface area contributed by atoms with Crippen molar-refractivity contribution < 1.29 is 0 Å². The molecule has 128 valence electrons. The van der Waals surface area contributed by atoms with Gasteiger partial charge in [0.1, 0.15) is 0 Å². The van der Waals surface area contributed by atoms with E-state index < -0.39 is 0 Å². The predicted octanol–water partition coefficient (Wildman–Crippen LogP) is 4.71. The van der Waals surface area contributed by atoms with E-state index in [1.165, 1.54) is 42.6 Å². The van der Waals surface area contributed by atoms with Gasteiger partial charge in [-0.3, -0.25) is 9.88 Å². The van der Waals surface area contributed by atoms with Gasteiger partial charge < -0.3 is 0 Å². The van der Waals surface area contributed by atoms with E-state index in [1.54, 1.807) is 0 Å². The second kappa shape index (κ2) is 5.84. The van der Waals surface area contributed by atoms with Crippen molar-refractivity contribution in [2.45, 2.75) is 53.0 Å². The molecule has 0 N–H and O–H groups in total. The lowest BCUT2D eigenvalue weighted by Gasteiger charge is -2.54. The van der Waals surface area contributed by atoms with Gasteiger partial charge in [0.15, 0.2) is 0 Å². The first-order valence-corrected chi connectivity index (χ1v) is 9.59. The van der Waals surface area contributed by atoms with Crippen LogP contribution in [0, 0.1) is 17.3 Å². The maximum atomic E-state index is 5.02. The van der Waals surface area contributed by atoms with E-state index in [4.69, 9.17) is 4.98 Å². The molecule has 1 aliphatic carbocycles. The Labute approximate surface area is 146 Å². The van der Waals surface area contributed by atoms with E-state index in [0.29, 0.717) is 11.5 Å². The van der Waals surface area contributed by atoms with Crippen molar-refractivity contribution in [1.29, 1.82) is 0 Å². The molecule has 1 saturated heterocycles. The molecule has 24 heavy (non-hydrogen) atoms. The van der Waals surface area contributed by atoms with Gasteiger partial charge in [-0.05, 0) is 67.7 Å². The van der Waals surface area contributed by atoms with E-state index in [9.17, 15) is 0 Å². The van der Waals surface area contributed by atoms with Crippen LogP contribution in [-0.4, -0.2) is 29.0 Å². The lowest BCUT2D eigenvalue weighted by atomic mass is 9.59. The molecule has 3 atom stereocenters. The summed E-state index contributed by atoms with van der Waals surface area (Å²) in [5.74, 6) is 1.52. The topological polar surface area (TPSA) is 16.1 Å². The third-order valence-electron chi connectivity index (χ3n) is 6.70. The number of piperidine rings is 1. The molecule has 2 unspecified atom stereocenters. The summed E-state index contributed by atoms with van der Waals surface area (Å²) in [5.41, 5.74) is 4.39. The van der Waals surface area contributed by atoms with Crippen LogP contribution in [0.4, 0.5) is 0 Å². The van der Waals surface area contributed by atoms with E-state index in [-0.39, 0.29) is 0 Å². The maximum Gasteiger partial charge on any atom is 0.0705 e. The molecule has 0 amide bonds. The molecule has 2 nitrogen and oxygen atoms in total. The lowest BCUT2D eigenvalue weighted by molar-refractivity contribution is -0.0266. The molecule has 2 heterocycles. The highest BCUT2D eigenvalue weighted by Gasteiger charge is 2.47. The SMILES string of the molecule is CC(C)CN1CCC2Cc3nc4ccccc4cc3CC2(C)[C@H]1C. The summed E-state index contributed by atoms with van der Waals surface area (Å²) in [6, 6.07) is 11.6. The Morgan fingerprint density at radius 1 is 1.29 bits per heavy atom. The number of para-hydroxylation sites is 1. The van der Waals surface area contributed by atoms with E-state index in [1.807, 2.05) is 0 Å². The Morgan fingerprint density at radius 2 is 2.08 bits per heavy atom. The molecule has 1 aromatic carbocycles. The van der Waals surface area contributed by atoms with Gasteiger partial charge in [-0.2, -0.15) is 0 Å². The minimum Gasteiger partial charge on any atom is -0.300 e. The van der Waals surface area contributed by atoms with Crippen LogP contribution >= 0.6 is 0 Å². The van der Waals surface area contributed by atoms with Gasteiger partial charge in [-0.1, -0.05) is 39.0 Å². The van der Waals surface area contributed by atoms with Gasteiger partial charge in [-0.25, -0.2) is 0 Å². The molecule has 0 bridgehead atoms.